The van der Waals surface area contributed by atoms with Gasteiger partial charge in [0, 0.05) is 4.47 Å². The lowest BCUT2D eigenvalue weighted by atomic mass is 10.3. The molecule has 3 heteroatoms. The minimum absolute atomic E-state index is 0.507. The zero-order chi connectivity index (χ0) is 10.6. The predicted octanol–water partition coefficient (Wildman–Crippen LogP) is 3.41. The first kappa shape index (κ1) is 11.1. The standard InChI is InChI=1S/C11H13BrO2/c1-8(2)7-14-11-6-9(12)4-5-10(11)13-3/h4-6H,1,7H2,2-3H3. The van der Waals surface area contributed by atoms with Crippen LogP contribution in [0.5, 0.6) is 11.5 Å². The smallest absolute Gasteiger partial charge is 0.162 e. The molecule has 0 bridgehead atoms. The third-order valence-electron chi connectivity index (χ3n) is 1.60. The average molecular weight is 257 g/mol. The summed E-state index contributed by atoms with van der Waals surface area (Å²) in [5.41, 5.74) is 0.979. The van der Waals surface area contributed by atoms with Gasteiger partial charge in [-0.05, 0) is 30.7 Å². The lowest BCUT2D eigenvalue weighted by Crippen LogP contribution is -1.99. The summed E-state index contributed by atoms with van der Waals surface area (Å²) in [5, 5.41) is 0. The van der Waals surface area contributed by atoms with Crippen LogP contribution < -0.4 is 9.47 Å². The molecular formula is C11H13BrO2. The first-order chi connectivity index (χ1) is 6.63. The minimum atomic E-state index is 0.507. The number of benzene rings is 1. The molecule has 0 heterocycles. The van der Waals surface area contributed by atoms with E-state index in [1.165, 1.54) is 0 Å². The Balaban J connectivity index is 2.82. The molecule has 1 aromatic carbocycles. The zero-order valence-corrected chi connectivity index (χ0v) is 9.93. The van der Waals surface area contributed by atoms with Crippen LogP contribution in [-0.2, 0) is 0 Å². The molecule has 0 fully saturated rings. The summed E-state index contributed by atoms with van der Waals surface area (Å²) in [6, 6.07) is 5.64. The van der Waals surface area contributed by atoms with Crippen LogP contribution in [0.15, 0.2) is 34.8 Å². The van der Waals surface area contributed by atoms with E-state index in [4.69, 9.17) is 9.47 Å². The molecule has 0 aliphatic heterocycles. The van der Waals surface area contributed by atoms with E-state index in [2.05, 4.69) is 22.5 Å². The molecule has 1 rings (SSSR count). The van der Waals surface area contributed by atoms with Crippen molar-refractivity contribution in [1.82, 2.24) is 0 Å². The van der Waals surface area contributed by atoms with Crippen LogP contribution in [0.2, 0.25) is 0 Å². The van der Waals surface area contributed by atoms with Gasteiger partial charge in [-0.25, -0.2) is 0 Å². The van der Waals surface area contributed by atoms with Gasteiger partial charge in [0.25, 0.3) is 0 Å². The van der Waals surface area contributed by atoms with Gasteiger partial charge in [-0.3, -0.25) is 0 Å². The highest BCUT2D eigenvalue weighted by Crippen LogP contribution is 2.30. The fourth-order valence-electron chi connectivity index (χ4n) is 0.964. The Morgan fingerprint density at radius 2 is 2.14 bits per heavy atom. The van der Waals surface area contributed by atoms with Crippen LogP contribution in [0, 0.1) is 0 Å². The molecule has 0 saturated carbocycles. The summed E-state index contributed by atoms with van der Waals surface area (Å²) < 4.78 is 11.6. The highest BCUT2D eigenvalue weighted by Gasteiger charge is 2.04. The molecule has 0 amide bonds. The van der Waals surface area contributed by atoms with E-state index in [0.29, 0.717) is 6.61 Å². The van der Waals surface area contributed by atoms with Crippen LogP contribution in [0.25, 0.3) is 0 Å². The van der Waals surface area contributed by atoms with E-state index in [1.807, 2.05) is 25.1 Å². The molecule has 0 N–H and O–H groups in total. The van der Waals surface area contributed by atoms with Crippen LogP contribution >= 0.6 is 15.9 Å². The summed E-state index contributed by atoms with van der Waals surface area (Å²) in [6.45, 7) is 6.20. The first-order valence-electron chi connectivity index (χ1n) is 4.24. The van der Waals surface area contributed by atoms with Crippen LogP contribution in [0.3, 0.4) is 0 Å². The molecule has 14 heavy (non-hydrogen) atoms. The minimum Gasteiger partial charge on any atom is -0.493 e. The molecule has 76 valence electrons. The summed E-state index contributed by atoms with van der Waals surface area (Å²) in [4.78, 5) is 0. The average Bonchev–Trinajstić information content (AvgIpc) is 2.15. The Morgan fingerprint density at radius 1 is 1.43 bits per heavy atom. The Kier molecular flexibility index (Phi) is 4.01. The fourth-order valence-corrected chi connectivity index (χ4v) is 1.30. The number of halogens is 1. The second-order valence-electron chi connectivity index (χ2n) is 3.04. The largest absolute Gasteiger partial charge is 0.493 e. The third-order valence-corrected chi connectivity index (χ3v) is 2.09. The van der Waals surface area contributed by atoms with Gasteiger partial charge in [0.1, 0.15) is 6.61 Å². The summed E-state index contributed by atoms with van der Waals surface area (Å²) in [5.74, 6) is 1.46. The second-order valence-corrected chi connectivity index (χ2v) is 3.96. The van der Waals surface area contributed by atoms with E-state index >= 15 is 0 Å². The third kappa shape index (κ3) is 3.07. The highest BCUT2D eigenvalue weighted by molar-refractivity contribution is 9.10. The van der Waals surface area contributed by atoms with Crippen LogP contribution in [0.4, 0.5) is 0 Å². The molecule has 0 saturated heterocycles. The lowest BCUT2D eigenvalue weighted by Gasteiger charge is -2.10. The van der Waals surface area contributed by atoms with Gasteiger partial charge >= 0.3 is 0 Å². The highest BCUT2D eigenvalue weighted by atomic mass is 79.9. The van der Waals surface area contributed by atoms with Gasteiger partial charge in [0.15, 0.2) is 11.5 Å². The quantitative estimate of drug-likeness (QED) is 0.769. The number of ether oxygens (including phenoxy) is 2. The molecule has 0 spiro atoms. The van der Waals surface area contributed by atoms with Crippen molar-refractivity contribution in [2.75, 3.05) is 13.7 Å². The monoisotopic (exact) mass is 256 g/mol. The predicted molar refractivity (Wildman–Crippen MR) is 61.0 cm³/mol. The van der Waals surface area contributed by atoms with Gasteiger partial charge in [0.2, 0.25) is 0 Å². The number of rotatable bonds is 4. The molecule has 1 aromatic rings. The maximum atomic E-state index is 5.52. The number of methoxy groups -OCH3 is 1. The maximum Gasteiger partial charge on any atom is 0.162 e. The molecule has 0 atom stereocenters. The molecule has 0 aliphatic rings. The number of hydrogen-bond donors (Lipinski definition) is 0. The molecule has 0 aliphatic carbocycles. The van der Waals surface area contributed by atoms with Crippen molar-refractivity contribution in [3.8, 4) is 11.5 Å². The van der Waals surface area contributed by atoms with E-state index in [0.717, 1.165) is 21.5 Å². The van der Waals surface area contributed by atoms with E-state index < -0.39 is 0 Å². The maximum absolute atomic E-state index is 5.52. The van der Waals surface area contributed by atoms with Crippen LogP contribution in [-0.4, -0.2) is 13.7 Å². The number of hydrogen-bond acceptors (Lipinski definition) is 2. The summed E-state index contributed by atoms with van der Waals surface area (Å²) in [7, 11) is 1.62. The van der Waals surface area contributed by atoms with Crippen LogP contribution in [0.1, 0.15) is 6.92 Å². The van der Waals surface area contributed by atoms with Gasteiger partial charge in [-0.1, -0.05) is 22.5 Å². The normalized spacial score (nSPS) is 9.64. The van der Waals surface area contributed by atoms with Gasteiger partial charge in [0.05, 0.1) is 7.11 Å². The van der Waals surface area contributed by atoms with Gasteiger partial charge in [-0.15, -0.1) is 0 Å². The Bertz CT molecular complexity index is 334. The zero-order valence-electron chi connectivity index (χ0n) is 8.34. The van der Waals surface area contributed by atoms with Crippen molar-refractivity contribution in [2.24, 2.45) is 0 Å². The molecule has 0 aromatic heterocycles. The second kappa shape index (κ2) is 5.05. The lowest BCUT2D eigenvalue weighted by molar-refractivity contribution is 0.319. The van der Waals surface area contributed by atoms with Crippen molar-refractivity contribution < 1.29 is 9.47 Å². The van der Waals surface area contributed by atoms with Crippen molar-refractivity contribution in [2.45, 2.75) is 6.92 Å². The SMILES string of the molecule is C=C(C)COc1cc(Br)ccc1OC. The molecule has 2 nitrogen and oxygen atoms in total. The first-order valence-corrected chi connectivity index (χ1v) is 5.03. The van der Waals surface area contributed by atoms with Crippen molar-refractivity contribution in [1.29, 1.82) is 0 Å². The Morgan fingerprint density at radius 3 is 2.71 bits per heavy atom. The fraction of sp³-hybridized carbons (Fsp3) is 0.273. The molecule has 0 radical (unpaired) electrons. The topological polar surface area (TPSA) is 18.5 Å². The van der Waals surface area contributed by atoms with Crippen molar-refractivity contribution in [3.63, 3.8) is 0 Å². The Hall–Kier alpha value is -0.960. The summed E-state index contributed by atoms with van der Waals surface area (Å²) in [6.07, 6.45) is 0. The molecular weight excluding hydrogens is 244 g/mol. The van der Waals surface area contributed by atoms with Gasteiger partial charge in [-0.2, -0.15) is 0 Å². The molecule has 0 unspecified atom stereocenters. The van der Waals surface area contributed by atoms with E-state index in [9.17, 15) is 0 Å². The Labute approximate surface area is 92.7 Å². The van der Waals surface area contributed by atoms with Gasteiger partial charge < -0.3 is 9.47 Å². The van der Waals surface area contributed by atoms with Crippen molar-refractivity contribution in [3.05, 3.63) is 34.8 Å². The summed E-state index contributed by atoms with van der Waals surface area (Å²) >= 11 is 3.37. The van der Waals surface area contributed by atoms with E-state index in [1.54, 1.807) is 7.11 Å². The van der Waals surface area contributed by atoms with E-state index in [-0.39, 0.29) is 0 Å². The van der Waals surface area contributed by atoms with Crippen molar-refractivity contribution >= 4 is 15.9 Å².